The zero-order valence-electron chi connectivity index (χ0n) is 22.6. The van der Waals surface area contributed by atoms with Gasteiger partial charge in [0.2, 0.25) is 0 Å². The van der Waals surface area contributed by atoms with Crippen molar-refractivity contribution < 1.29 is 33.6 Å². The number of ether oxygens (including phenoxy) is 4. The van der Waals surface area contributed by atoms with Crippen LogP contribution in [0.2, 0.25) is 0 Å². The van der Waals surface area contributed by atoms with Gasteiger partial charge in [-0.25, -0.2) is 4.79 Å². The summed E-state index contributed by atoms with van der Waals surface area (Å²) in [7, 11) is 1.62. The Morgan fingerprint density at radius 3 is 2.49 bits per heavy atom. The summed E-state index contributed by atoms with van der Waals surface area (Å²) in [5, 5.41) is 13.9. The Bertz CT molecular complexity index is 1300. The summed E-state index contributed by atoms with van der Waals surface area (Å²) in [6, 6.07) is 11.2. The topological polar surface area (TPSA) is 103 Å². The number of phenolic OH excluding ortho intramolecular Hbond substituents is 1. The van der Waals surface area contributed by atoms with Crippen LogP contribution in [0.1, 0.15) is 56.6 Å². The number of halogens is 1. The molecule has 208 valence electrons. The molecule has 2 atom stereocenters. The minimum Gasteiger partial charge on any atom is -0.503 e. The van der Waals surface area contributed by atoms with Crippen LogP contribution in [0.5, 0.6) is 17.2 Å². The molecule has 2 N–H and O–H groups in total. The summed E-state index contributed by atoms with van der Waals surface area (Å²) < 4.78 is 22.2. The van der Waals surface area contributed by atoms with Crippen LogP contribution in [0.15, 0.2) is 63.4 Å². The molecule has 2 aromatic carbocycles. The lowest BCUT2D eigenvalue weighted by atomic mass is 9.71. The number of carbonyl (C=O) groups excluding carboxylic acids is 2. The van der Waals surface area contributed by atoms with E-state index in [2.05, 4.69) is 21.2 Å². The summed E-state index contributed by atoms with van der Waals surface area (Å²) >= 11 is 3.41. The van der Waals surface area contributed by atoms with Gasteiger partial charge in [0, 0.05) is 35.9 Å². The molecule has 0 radical (unpaired) electrons. The standard InChI is InChI=1S/C30H34BrNO7/c1-5-37-11-12-39-30(35)26-17(3)32-23-14-19(18-7-9-21(36-4)10-8-18)15-24(33)28(23)27(26)20-13-22(31)29(34)25(16-20)38-6-2/h7-10,13,16,19,27,32,34H,5-6,11-12,14-15H2,1-4H3/t19-,27+/m0/s1. The van der Waals surface area contributed by atoms with Crippen LogP contribution in [0.4, 0.5) is 0 Å². The Kier molecular flexibility index (Phi) is 9.35. The lowest BCUT2D eigenvalue weighted by molar-refractivity contribution is -0.140. The van der Waals surface area contributed by atoms with E-state index < -0.39 is 11.9 Å². The molecule has 1 aliphatic carbocycles. The molecule has 1 aliphatic heterocycles. The van der Waals surface area contributed by atoms with Gasteiger partial charge in [0.05, 0.1) is 30.4 Å². The van der Waals surface area contributed by atoms with Gasteiger partial charge < -0.3 is 29.4 Å². The van der Waals surface area contributed by atoms with E-state index in [1.165, 1.54) is 0 Å². The molecule has 8 nitrogen and oxygen atoms in total. The number of dihydropyridines is 1. The second kappa shape index (κ2) is 12.7. The van der Waals surface area contributed by atoms with Crippen molar-refractivity contribution >= 4 is 27.7 Å². The number of hydrogen-bond donors (Lipinski definition) is 2. The van der Waals surface area contributed by atoms with Crippen molar-refractivity contribution in [2.75, 3.05) is 33.5 Å². The molecule has 0 fully saturated rings. The molecule has 0 aromatic heterocycles. The maximum absolute atomic E-state index is 13.8. The molecule has 0 saturated heterocycles. The van der Waals surface area contributed by atoms with Crippen molar-refractivity contribution in [3.05, 3.63) is 74.5 Å². The SMILES string of the molecule is CCOCCOC(=O)C1=C(C)NC2=C(C(=O)C[C@@H](c3ccc(OC)cc3)C2)[C@@H]1c1cc(Br)c(O)c(OCC)c1. The number of Topliss-reactive ketones (excluding diaryl/α,β-unsaturated/α-hetero) is 1. The molecule has 0 unspecified atom stereocenters. The molecular weight excluding hydrogens is 566 g/mol. The average molecular weight is 601 g/mol. The average Bonchev–Trinajstić information content (AvgIpc) is 2.92. The Balaban J connectivity index is 1.77. The smallest absolute Gasteiger partial charge is 0.336 e. The van der Waals surface area contributed by atoms with Crippen LogP contribution >= 0.6 is 15.9 Å². The highest BCUT2D eigenvalue weighted by atomic mass is 79.9. The van der Waals surface area contributed by atoms with E-state index in [1.54, 1.807) is 19.2 Å². The van der Waals surface area contributed by atoms with Crippen molar-refractivity contribution in [1.29, 1.82) is 0 Å². The summed E-state index contributed by atoms with van der Waals surface area (Å²) in [6.07, 6.45) is 0.901. The molecular formula is C30H34BrNO7. The number of phenols is 1. The van der Waals surface area contributed by atoms with E-state index in [1.807, 2.05) is 45.0 Å². The maximum Gasteiger partial charge on any atom is 0.336 e. The van der Waals surface area contributed by atoms with E-state index in [4.69, 9.17) is 18.9 Å². The van der Waals surface area contributed by atoms with Crippen LogP contribution in [0.3, 0.4) is 0 Å². The largest absolute Gasteiger partial charge is 0.503 e. The molecule has 2 aliphatic rings. The second-order valence-electron chi connectivity index (χ2n) is 9.41. The quantitative estimate of drug-likeness (QED) is 0.272. The van der Waals surface area contributed by atoms with Crippen molar-refractivity contribution in [1.82, 2.24) is 5.32 Å². The third-order valence-corrected chi connectivity index (χ3v) is 7.59. The van der Waals surface area contributed by atoms with Crippen molar-refractivity contribution in [2.45, 2.75) is 45.4 Å². The van der Waals surface area contributed by atoms with E-state index in [-0.39, 0.29) is 36.4 Å². The van der Waals surface area contributed by atoms with Gasteiger partial charge in [0.15, 0.2) is 17.3 Å². The van der Waals surface area contributed by atoms with Crippen LogP contribution in [0.25, 0.3) is 0 Å². The minimum atomic E-state index is -0.693. The van der Waals surface area contributed by atoms with Crippen LogP contribution < -0.4 is 14.8 Å². The molecule has 2 aromatic rings. The Morgan fingerprint density at radius 1 is 1.08 bits per heavy atom. The van der Waals surface area contributed by atoms with E-state index >= 15 is 0 Å². The van der Waals surface area contributed by atoms with E-state index in [0.717, 1.165) is 17.0 Å². The predicted octanol–water partition coefficient (Wildman–Crippen LogP) is 5.50. The summed E-state index contributed by atoms with van der Waals surface area (Å²) in [5.74, 6) is -0.309. The number of methoxy groups -OCH3 is 1. The Morgan fingerprint density at radius 2 is 1.82 bits per heavy atom. The highest BCUT2D eigenvalue weighted by molar-refractivity contribution is 9.10. The normalized spacial score (nSPS) is 18.9. The number of allylic oxidation sites excluding steroid dienone is 3. The molecule has 1 heterocycles. The lowest BCUT2D eigenvalue weighted by Gasteiger charge is -2.37. The van der Waals surface area contributed by atoms with Gasteiger partial charge in [-0.3, -0.25) is 4.79 Å². The van der Waals surface area contributed by atoms with Gasteiger partial charge in [-0.15, -0.1) is 0 Å². The van der Waals surface area contributed by atoms with Gasteiger partial charge in [0.25, 0.3) is 0 Å². The molecule has 0 bridgehead atoms. The van der Waals surface area contributed by atoms with Gasteiger partial charge >= 0.3 is 5.97 Å². The predicted molar refractivity (Wildman–Crippen MR) is 150 cm³/mol. The first-order valence-corrected chi connectivity index (χ1v) is 13.9. The Hall–Kier alpha value is -3.30. The number of ketones is 1. The number of carbonyl (C=O) groups is 2. The second-order valence-corrected chi connectivity index (χ2v) is 10.3. The van der Waals surface area contributed by atoms with Crippen LogP contribution in [-0.4, -0.2) is 50.4 Å². The molecule has 9 heteroatoms. The molecule has 4 rings (SSSR count). The molecule has 0 saturated carbocycles. The van der Waals surface area contributed by atoms with Gasteiger partial charge in [-0.1, -0.05) is 12.1 Å². The Labute approximate surface area is 237 Å². The van der Waals surface area contributed by atoms with Crippen molar-refractivity contribution in [3.8, 4) is 17.2 Å². The number of nitrogens with one attached hydrogen (secondary N) is 1. The third kappa shape index (κ3) is 6.15. The number of benzene rings is 2. The highest BCUT2D eigenvalue weighted by Crippen LogP contribution is 2.48. The van der Waals surface area contributed by atoms with Crippen LogP contribution in [0, 0.1) is 0 Å². The number of aromatic hydroxyl groups is 1. The minimum absolute atomic E-state index is 0.0201. The van der Waals surface area contributed by atoms with Crippen molar-refractivity contribution in [2.24, 2.45) is 0 Å². The first-order valence-electron chi connectivity index (χ1n) is 13.1. The summed E-state index contributed by atoms with van der Waals surface area (Å²) in [4.78, 5) is 27.3. The maximum atomic E-state index is 13.8. The van der Waals surface area contributed by atoms with Crippen LogP contribution in [-0.2, 0) is 19.1 Å². The molecule has 0 amide bonds. The van der Waals surface area contributed by atoms with Gasteiger partial charge in [0.1, 0.15) is 12.4 Å². The monoisotopic (exact) mass is 599 g/mol. The molecule has 0 spiro atoms. The number of hydrogen-bond acceptors (Lipinski definition) is 8. The zero-order chi connectivity index (χ0) is 28.1. The first-order chi connectivity index (χ1) is 18.8. The first kappa shape index (κ1) is 28.7. The van der Waals surface area contributed by atoms with E-state index in [9.17, 15) is 14.7 Å². The van der Waals surface area contributed by atoms with E-state index in [0.29, 0.717) is 52.9 Å². The fourth-order valence-electron chi connectivity index (χ4n) is 5.20. The van der Waals surface area contributed by atoms with Gasteiger partial charge in [-0.2, -0.15) is 0 Å². The molecule has 39 heavy (non-hydrogen) atoms. The highest BCUT2D eigenvalue weighted by Gasteiger charge is 2.42. The lowest BCUT2D eigenvalue weighted by Crippen LogP contribution is -2.36. The third-order valence-electron chi connectivity index (χ3n) is 6.98. The summed E-state index contributed by atoms with van der Waals surface area (Å²) in [5.41, 5.74) is 3.96. The van der Waals surface area contributed by atoms with Crippen molar-refractivity contribution in [3.63, 3.8) is 0 Å². The number of esters is 1. The summed E-state index contributed by atoms with van der Waals surface area (Å²) in [6.45, 7) is 6.74. The fraction of sp³-hybridized carbons (Fsp3) is 0.400. The number of rotatable bonds is 10. The fourth-order valence-corrected chi connectivity index (χ4v) is 5.66. The zero-order valence-corrected chi connectivity index (χ0v) is 24.2. The van der Waals surface area contributed by atoms with Gasteiger partial charge in [-0.05, 0) is 84.4 Å².